The average molecular weight is 316 g/mol. The molecule has 0 radical (unpaired) electrons. The minimum absolute atomic E-state index is 0.115. The van der Waals surface area contributed by atoms with Crippen LogP contribution in [0.5, 0.6) is 0 Å². The molecule has 0 aliphatic carbocycles. The van der Waals surface area contributed by atoms with Crippen molar-refractivity contribution in [1.82, 2.24) is 4.31 Å². The molecular weight excluding hydrogens is 299 g/mol. The molecule has 2 N–H and O–H groups in total. The third-order valence-electron chi connectivity index (χ3n) is 3.55. The van der Waals surface area contributed by atoms with E-state index in [0.29, 0.717) is 12.8 Å². The minimum atomic E-state index is -4.03. The van der Waals surface area contributed by atoms with Crippen molar-refractivity contribution in [3.05, 3.63) is 29.6 Å². The first kappa shape index (κ1) is 15.7. The van der Waals surface area contributed by atoms with Crippen LogP contribution in [0.3, 0.4) is 0 Å². The standard InChI is InChI=1S/C13H17FN2O4S/c1-9-10(14)5-4-6-11(9)15-21(19,20)16-8-3-2-7-12(16)13(17)18/h4-6,12,15H,2-3,7-8H2,1H3,(H,17,18). The Morgan fingerprint density at radius 1 is 1.43 bits per heavy atom. The van der Waals surface area contributed by atoms with E-state index in [2.05, 4.69) is 4.72 Å². The van der Waals surface area contributed by atoms with Crippen LogP contribution in [0.1, 0.15) is 24.8 Å². The predicted molar refractivity (Wildman–Crippen MR) is 75.7 cm³/mol. The second kappa shape index (κ2) is 5.98. The summed E-state index contributed by atoms with van der Waals surface area (Å²) in [6.45, 7) is 1.60. The maximum absolute atomic E-state index is 13.5. The van der Waals surface area contributed by atoms with Gasteiger partial charge in [0.15, 0.2) is 0 Å². The summed E-state index contributed by atoms with van der Waals surface area (Å²) in [5.41, 5.74) is 0.287. The Bertz CT molecular complexity index is 648. The summed E-state index contributed by atoms with van der Waals surface area (Å²) in [5.74, 6) is -1.69. The number of hydrogen-bond donors (Lipinski definition) is 2. The Kier molecular flexibility index (Phi) is 4.48. The van der Waals surface area contributed by atoms with Crippen molar-refractivity contribution >= 4 is 21.9 Å². The van der Waals surface area contributed by atoms with Gasteiger partial charge in [0.1, 0.15) is 11.9 Å². The maximum Gasteiger partial charge on any atom is 0.322 e. The molecule has 1 atom stereocenters. The summed E-state index contributed by atoms with van der Waals surface area (Å²) in [6, 6.07) is 2.99. The fraction of sp³-hybridized carbons (Fsp3) is 0.462. The number of benzene rings is 1. The van der Waals surface area contributed by atoms with Crippen molar-refractivity contribution in [3.8, 4) is 0 Å². The van der Waals surface area contributed by atoms with Crippen molar-refractivity contribution in [2.45, 2.75) is 32.2 Å². The van der Waals surface area contributed by atoms with E-state index in [-0.39, 0.29) is 24.2 Å². The largest absolute Gasteiger partial charge is 0.480 e. The first-order valence-corrected chi connectivity index (χ1v) is 8.04. The van der Waals surface area contributed by atoms with E-state index in [0.717, 1.165) is 4.31 Å². The van der Waals surface area contributed by atoms with Crippen molar-refractivity contribution in [3.63, 3.8) is 0 Å². The summed E-state index contributed by atoms with van der Waals surface area (Å²) >= 11 is 0. The second-order valence-electron chi connectivity index (χ2n) is 4.98. The van der Waals surface area contributed by atoms with Crippen molar-refractivity contribution < 1.29 is 22.7 Å². The number of nitrogens with zero attached hydrogens (tertiary/aromatic N) is 1. The highest BCUT2D eigenvalue weighted by atomic mass is 32.2. The fourth-order valence-electron chi connectivity index (χ4n) is 2.36. The van der Waals surface area contributed by atoms with Gasteiger partial charge in [-0.2, -0.15) is 12.7 Å². The van der Waals surface area contributed by atoms with Crippen molar-refractivity contribution in [2.24, 2.45) is 0 Å². The highest BCUT2D eigenvalue weighted by Crippen LogP contribution is 2.24. The van der Waals surface area contributed by atoms with Gasteiger partial charge in [-0.05, 0) is 38.3 Å². The number of rotatable bonds is 4. The molecule has 6 nitrogen and oxygen atoms in total. The molecule has 1 aliphatic rings. The molecule has 1 unspecified atom stereocenters. The van der Waals surface area contributed by atoms with Crippen LogP contribution in [0.4, 0.5) is 10.1 Å². The highest BCUT2D eigenvalue weighted by molar-refractivity contribution is 7.90. The smallest absolute Gasteiger partial charge is 0.322 e. The number of hydrogen-bond acceptors (Lipinski definition) is 3. The predicted octanol–water partition coefficient (Wildman–Crippen LogP) is 1.73. The molecule has 1 aromatic carbocycles. The SMILES string of the molecule is Cc1c(F)cccc1NS(=O)(=O)N1CCCCC1C(=O)O. The lowest BCUT2D eigenvalue weighted by molar-refractivity contribution is -0.142. The van der Waals surface area contributed by atoms with Gasteiger partial charge in [0, 0.05) is 12.1 Å². The summed E-state index contributed by atoms with van der Waals surface area (Å²) in [5, 5.41) is 9.14. The highest BCUT2D eigenvalue weighted by Gasteiger charge is 2.36. The third-order valence-corrected chi connectivity index (χ3v) is 5.09. The number of piperidine rings is 1. The second-order valence-corrected chi connectivity index (χ2v) is 6.60. The Hall–Kier alpha value is -1.67. The molecule has 0 amide bonds. The lowest BCUT2D eigenvalue weighted by atomic mass is 10.1. The van der Waals surface area contributed by atoms with Crippen LogP contribution in [-0.2, 0) is 15.0 Å². The van der Waals surface area contributed by atoms with E-state index in [4.69, 9.17) is 5.11 Å². The van der Waals surface area contributed by atoms with Gasteiger partial charge < -0.3 is 5.11 Å². The first-order chi connectivity index (χ1) is 9.83. The van der Waals surface area contributed by atoms with Crippen LogP contribution in [0.25, 0.3) is 0 Å². The zero-order valence-corrected chi connectivity index (χ0v) is 12.4. The molecule has 0 saturated carbocycles. The Morgan fingerprint density at radius 2 is 2.14 bits per heavy atom. The molecule has 1 saturated heterocycles. The Balaban J connectivity index is 2.28. The summed E-state index contributed by atoms with van der Waals surface area (Å²) in [7, 11) is -4.03. The lowest BCUT2D eigenvalue weighted by Gasteiger charge is -2.32. The zero-order chi connectivity index (χ0) is 15.6. The topological polar surface area (TPSA) is 86.7 Å². The van der Waals surface area contributed by atoms with Crippen molar-refractivity contribution in [1.29, 1.82) is 0 Å². The van der Waals surface area contributed by atoms with Crippen LogP contribution in [0.15, 0.2) is 18.2 Å². The minimum Gasteiger partial charge on any atom is -0.480 e. The van der Waals surface area contributed by atoms with E-state index in [1.165, 1.54) is 25.1 Å². The molecule has 2 rings (SSSR count). The van der Waals surface area contributed by atoms with Gasteiger partial charge in [-0.3, -0.25) is 9.52 Å². The third kappa shape index (κ3) is 3.33. The molecule has 0 bridgehead atoms. The van der Waals surface area contributed by atoms with Crippen LogP contribution >= 0.6 is 0 Å². The number of nitrogens with one attached hydrogen (secondary N) is 1. The normalized spacial score (nSPS) is 20.2. The van der Waals surface area contributed by atoms with Crippen LogP contribution < -0.4 is 4.72 Å². The Labute approximate surface area is 122 Å². The summed E-state index contributed by atoms with van der Waals surface area (Å²) < 4.78 is 41.4. The molecule has 116 valence electrons. The van der Waals surface area contributed by atoms with Gasteiger partial charge in [0.2, 0.25) is 0 Å². The first-order valence-electron chi connectivity index (χ1n) is 6.60. The van der Waals surface area contributed by atoms with E-state index in [1.807, 2.05) is 0 Å². The molecule has 1 aromatic rings. The van der Waals surface area contributed by atoms with Gasteiger partial charge in [-0.1, -0.05) is 6.07 Å². The number of aliphatic carboxylic acids is 1. The van der Waals surface area contributed by atoms with Gasteiger partial charge in [-0.15, -0.1) is 0 Å². The van der Waals surface area contributed by atoms with E-state index >= 15 is 0 Å². The molecular formula is C13H17FN2O4S. The number of carboxylic acids is 1. The summed E-state index contributed by atoms with van der Waals surface area (Å²) in [4.78, 5) is 11.2. The molecule has 0 aromatic heterocycles. The van der Waals surface area contributed by atoms with Crippen LogP contribution in [0.2, 0.25) is 0 Å². The quantitative estimate of drug-likeness (QED) is 0.885. The molecule has 1 heterocycles. The number of anilines is 1. The van der Waals surface area contributed by atoms with Gasteiger partial charge >= 0.3 is 16.2 Å². The van der Waals surface area contributed by atoms with E-state index in [9.17, 15) is 17.6 Å². The van der Waals surface area contributed by atoms with E-state index in [1.54, 1.807) is 0 Å². The molecule has 8 heteroatoms. The van der Waals surface area contributed by atoms with E-state index < -0.39 is 28.0 Å². The van der Waals surface area contributed by atoms with Gasteiger partial charge in [0.05, 0.1) is 5.69 Å². The maximum atomic E-state index is 13.5. The fourth-order valence-corrected chi connectivity index (χ4v) is 3.87. The number of halogens is 1. The molecule has 1 aliphatic heterocycles. The average Bonchev–Trinajstić information content (AvgIpc) is 2.44. The number of carbonyl (C=O) groups is 1. The van der Waals surface area contributed by atoms with Crippen molar-refractivity contribution in [2.75, 3.05) is 11.3 Å². The van der Waals surface area contributed by atoms with Crippen LogP contribution in [-0.4, -0.2) is 36.4 Å². The molecule has 1 fully saturated rings. The monoisotopic (exact) mass is 316 g/mol. The molecule has 0 spiro atoms. The lowest BCUT2D eigenvalue weighted by Crippen LogP contribution is -2.50. The summed E-state index contributed by atoms with van der Waals surface area (Å²) in [6.07, 6.45) is 1.55. The Morgan fingerprint density at radius 3 is 2.81 bits per heavy atom. The van der Waals surface area contributed by atoms with Gasteiger partial charge in [-0.25, -0.2) is 4.39 Å². The number of carboxylic acid groups (broad SMARTS) is 1. The molecule has 21 heavy (non-hydrogen) atoms. The van der Waals surface area contributed by atoms with Crippen LogP contribution in [0, 0.1) is 12.7 Å². The zero-order valence-electron chi connectivity index (χ0n) is 11.5. The van der Waals surface area contributed by atoms with Gasteiger partial charge in [0.25, 0.3) is 0 Å².